The molecule has 0 fully saturated rings. The van der Waals surface area contributed by atoms with E-state index >= 15 is 0 Å². The molecule has 0 aliphatic heterocycles. The molecule has 0 aliphatic carbocycles. The van der Waals surface area contributed by atoms with Gasteiger partial charge in [0.05, 0.1) is 25.8 Å². The van der Waals surface area contributed by atoms with E-state index in [1.807, 2.05) is 11.6 Å². The average Bonchev–Trinajstić information content (AvgIpc) is 2.59. The van der Waals surface area contributed by atoms with Crippen LogP contribution in [0.15, 0.2) is 0 Å². The number of rotatable bonds is 12. The van der Waals surface area contributed by atoms with Crippen LogP contribution in [0.2, 0.25) is 0 Å². The first kappa shape index (κ1) is 23.1. The second kappa shape index (κ2) is 12.5. The highest BCUT2D eigenvalue weighted by Gasteiger charge is 2.25. The summed E-state index contributed by atoms with van der Waals surface area (Å²) in [7, 11) is 0. The highest BCUT2D eigenvalue weighted by Crippen LogP contribution is 1.98. The molecule has 0 radical (unpaired) electrons. The molecule has 0 aromatic carbocycles. The van der Waals surface area contributed by atoms with Crippen molar-refractivity contribution < 1.29 is 34.5 Å². The first-order valence-electron chi connectivity index (χ1n) is 7.33. The molecule has 144 valence electrons. The summed E-state index contributed by atoms with van der Waals surface area (Å²) in [5.74, 6) is -3.06. The van der Waals surface area contributed by atoms with Crippen LogP contribution in [0.3, 0.4) is 0 Å². The predicted molar refractivity (Wildman–Crippen MR) is 89.7 cm³/mol. The summed E-state index contributed by atoms with van der Waals surface area (Å²) in [6.07, 6.45) is 2.30. The molecule has 3 unspecified atom stereocenters. The summed E-state index contributed by atoms with van der Waals surface area (Å²) in [6, 6.07) is -3.76. The molecule has 0 rings (SSSR count). The summed E-state index contributed by atoms with van der Waals surface area (Å²) >= 11 is 1.52. The minimum absolute atomic E-state index is 0.439. The van der Waals surface area contributed by atoms with Crippen LogP contribution >= 0.6 is 11.8 Å². The van der Waals surface area contributed by atoms with Crippen LogP contribution in [0.1, 0.15) is 6.42 Å². The lowest BCUT2D eigenvalue weighted by Crippen LogP contribution is -2.55. The summed E-state index contributed by atoms with van der Waals surface area (Å²) in [6.45, 7) is -2.11. The molecule has 0 aromatic rings. The number of hydrogen-bond acceptors (Lipinski definition) is 8. The van der Waals surface area contributed by atoms with Gasteiger partial charge in [0.1, 0.15) is 12.1 Å². The molecule has 0 aromatic heterocycles. The first-order valence-corrected chi connectivity index (χ1v) is 8.72. The molecular weight excluding hydrogens is 356 g/mol. The van der Waals surface area contributed by atoms with Gasteiger partial charge in [-0.3, -0.25) is 14.4 Å². The van der Waals surface area contributed by atoms with Gasteiger partial charge in [-0.2, -0.15) is 11.8 Å². The number of carboxylic acid groups (broad SMARTS) is 1. The number of thioether (sulfide) groups is 1. The van der Waals surface area contributed by atoms with E-state index in [-0.39, 0.29) is 0 Å². The summed E-state index contributed by atoms with van der Waals surface area (Å²) in [5.41, 5.74) is 5.62. The fourth-order valence-corrected chi connectivity index (χ4v) is 2.06. The fourth-order valence-electron chi connectivity index (χ4n) is 1.57. The normalized spacial score (nSPS) is 14.1. The average molecular weight is 380 g/mol. The largest absolute Gasteiger partial charge is 0.480 e. The van der Waals surface area contributed by atoms with Crippen molar-refractivity contribution in [3.63, 3.8) is 0 Å². The van der Waals surface area contributed by atoms with Gasteiger partial charge in [-0.1, -0.05) is 0 Å². The number of carbonyl (C=O) groups is 4. The van der Waals surface area contributed by atoms with E-state index < -0.39 is 61.6 Å². The smallest absolute Gasteiger partial charge is 0.328 e. The third-order valence-corrected chi connectivity index (χ3v) is 3.67. The Hall–Kier alpha value is -1.89. The van der Waals surface area contributed by atoms with Crippen molar-refractivity contribution in [2.24, 2.45) is 5.73 Å². The van der Waals surface area contributed by atoms with Crippen molar-refractivity contribution in [2.45, 2.75) is 24.5 Å². The number of aliphatic carboxylic acids is 1. The van der Waals surface area contributed by atoms with Crippen LogP contribution in [0, 0.1) is 0 Å². The zero-order chi connectivity index (χ0) is 19.4. The quantitative estimate of drug-likeness (QED) is 0.178. The topological polar surface area (TPSA) is 191 Å². The molecule has 3 atom stereocenters. The Morgan fingerprint density at radius 1 is 1.04 bits per heavy atom. The number of aliphatic hydroxyl groups is 2. The van der Waals surface area contributed by atoms with Crippen molar-refractivity contribution >= 4 is 35.5 Å². The third kappa shape index (κ3) is 9.24. The van der Waals surface area contributed by atoms with Gasteiger partial charge in [0.2, 0.25) is 17.7 Å². The Kier molecular flexibility index (Phi) is 11.5. The fraction of sp³-hybridized carbons (Fsp3) is 0.692. The minimum Gasteiger partial charge on any atom is -0.480 e. The van der Waals surface area contributed by atoms with Gasteiger partial charge in [-0.25, -0.2) is 4.79 Å². The minimum atomic E-state index is -1.56. The van der Waals surface area contributed by atoms with E-state index in [1.54, 1.807) is 0 Å². The predicted octanol–water partition coefficient (Wildman–Crippen LogP) is -3.78. The molecule has 12 heteroatoms. The number of amides is 3. The number of carbonyl (C=O) groups excluding carboxylic acids is 3. The Morgan fingerprint density at radius 3 is 2.12 bits per heavy atom. The third-order valence-electron chi connectivity index (χ3n) is 3.02. The van der Waals surface area contributed by atoms with Crippen molar-refractivity contribution in [3.05, 3.63) is 0 Å². The summed E-state index contributed by atoms with van der Waals surface area (Å²) in [5, 5.41) is 33.1. The zero-order valence-electron chi connectivity index (χ0n) is 13.7. The van der Waals surface area contributed by atoms with Crippen LogP contribution in [0.4, 0.5) is 0 Å². The van der Waals surface area contributed by atoms with Gasteiger partial charge in [0.15, 0.2) is 0 Å². The molecule has 11 nitrogen and oxygen atoms in total. The Morgan fingerprint density at radius 2 is 1.64 bits per heavy atom. The molecule has 0 bridgehead atoms. The highest BCUT2D eigenvalue weighted by atomic mass is 32.2. The Balaban J connectivity index is 4.42. The van der Waals surface area contributed by atoms with Gasteiger partial charge >= 0.3 is 5.97 Å². The second-order valence-corrected chi connectivity index (χ2v) is 5.98. The van der Waals surface area contributed by atoms with Crippen LogP contribution in [0.25, 0.3) is 0 Å². The summed E-state index contributed by atoms with van der Waals surface area (Å²) in [4.78, 5) is 45.9. The molecule has 8 N–H and O–H groups in total. The van der Waals surface area contributed by atoms with E-state index in [0.717, 1.165) is 0 Å². The van der Waals surface area contributed by atoms with E-state index in [1.165, 1.54) is 11.8 Å². The molecule has 25 heavy (non-hydrogen) atoms. The lowest BCUT2D eigenvalue weighted by molar-refractivity contribution is -0.143. The molecular formula is C13H24N4O7S. The van der Waals surface area contributed by atoms with Gasteiger partial charge in [-0.15, -0.1) is 0 Å². The lowest BCUT2D eigenvalue weighted by Gasteiger charge is -2.19. The van der Waals surface area contributed by atoms with Crippen LogP contribution in [-0.2, 0) is 19.2 Å². The summed E-state index contributed by atoms with van der Waals surface area (Å²) < 4.78 is 0. The zero-order valence-corrected chi connectivity index (χ0v) is 14.5. The highest BCUT2D eigenvalue weighted by molar-refractivity contribution is 7.98. The molecule has 0 saturated carbocycles. The molecule has 3 amide bonds. The Labute approximate surface area is 148 Å². The van der Waals surface area contributed by atoms with Crippen molar-refractivity contribution in [3.8, 4) is 0 Å². The van der Waals surface area contributed by atoms with Crippen molar-refractivity contribution in [2.75, 3.05) is 31.8 Å². The number of nitrogens with one attached hydrogen (secondary N) is 3. The van der Waals surface area contributed by atoms with Crippen LogP contribution < -0.4 is 21.7 Å². The second-order valence-electron chi connectivity index (χ2n) is 4.99. The van der Waals surface area contributed by atoms with E-state index in [0.29, 0.717) is 12.2 Å². The van der Waals surface area contributed by atoms with Crippen molar-refractivity contribution in [1.82, 2.24) is 16.0 Å². The standard InChI is InChI=1S/C13H24N4O7S/c1-25-3-2-7(14)11(21)15-4-10(20)16-8(5-18)12(22)17-9(6-19)13(23)24/h7-9,18-19H,2-6,14H2,1H3,(H,15,21)(H,16,20)(H,17,22)(H,23,24). The van der Waals surface area contributed by atoms with E-state index in [9.17, 15) is 19.2 Å². The number of aliphatic hydroxyl groups excluding tert-OH is 2. The number of hydrogen-bond donors (Lipinski definition) is 7. The molecule has 0 spiro atoms. The van der Waals surface area contributed by atoms with E-state index in [4.69, 9.17) is 21.1 Å². The monoisotopic (exact) mass is 380 g/mol. The van der Waals surface area contributed by atoms with Crippen molar-refractivity contribution in [1.29, 1.82) is 0 Å². The SMILES string of the molecule is CSCCC(N)C(=O)NCC(=O)NC(CO)C(=O)NC(CO)C(=O)O. The van der Waals surface area contributed by atoms with Crippen LogP contribution in [0.5, 0.6) is 0 Å². The lowest BCUT2D eigenvalue weighted by atomic mass is 10.2. The van der Waals surface area contributed by atoms with Crippen LogP contribution in [-0.4, -0.2) is 88.9 Å². The first-order chi connectivity index (χ1) is 11.8. The maximum atomic E-state index is 11.8. The van der Waals surface area contributed by atoms with Gasteiger partial charge in [0, 0.05) is 0 Å². The number of nitrogens with two attached hydrogens (primary N) is 1. The van der Waals surface area contributed by atoms with Gasteiger partial charge < -0.3 is 37.0 Å². The molecule has 0 saturated heterocycles. The Bertz CT molecular complexity index is 477. The maximum Gasteiger partial charge on any atom is 0.328 e. The van der Waals surface area contributed by atoms with Gasteiger partial charge in [0.25, 0.3) is 0 Å². The number of carboxylic acids is 1. The van der Waals surface area contributed by atoms with E-state index in [2.05, 4.69) is 10.6 Å². The molecule has 0 aliphatic rings. The maximum absolute atomic E-state index is 11.8. The van der Waals surface area contributed by atoms with Gasteiger partial charge in [-0.05, 0) is 18.4 Å². The molecule has 0 heterocycles.